The molecular weight excluding hydrogens is 268 g/mol. The number of unbranched alkanes of at least 4 members (excludes halogenated alkanes) is 2. The van der Waals surface area contributed by atoms with E-state index in [9.17, 15) is 0 Å². The molecule has 122 valence electrons. The van der Waals surface area contributed by atoms with Crippen LogP contribution in [-0.4, -0.2) is 12.8 Å². The number of nitrogens with zero attached hydrogens (tertiary/aromatic N) is 1. The molecule has 2 N–H and O–H groups in total. The van der Waals surface area contributed by atoms with E-state index in [1.165, 1.54) is 35.2 Å². The fraction of sp³-hybridized carbons (Fsp3) is 0.550. The van der Waals surface area contributed by atoms with Crippen LogP contribution in [0.15, 0.2) is 35.0 Å². The van der Waals surface area contributed by atoms with E-state index in [2.05, 4.69) is 58.2 Å². The summed E-state index contributed by atoms with van der Waals surface area (Å²) in [5.41, 5.74) is 11.1. The fourth-order valence-corrected chi connectivity index (χ4v) is 2.77. The van der Waals surface area contributed by atoms with E-state index < -0.39 is 0 Å². The molecule has 0 spiro atoms. The van der Waals surface area contributed by atoms with Crippen LogP contribution >= 0.6 is 0 Å². The fourth-order valence-electron chi connectivity index (χ4n) is 2.77. The first-order chi connectivity index (χ1) is 10.7. The van der Waals surface area contributed by atoms with Gasteiger partial charge in [0.05, 0.1) is 0 Å². The number of hydrogen-bond acceptors (Lipinski definition) is 2. The van der Waals surface area contributed by atoms with Crippen LogP contribution in [0, 0.1) is 13.8 Å². The third-order valence-corrected chi connectivity index (χ3v) is 4.30. The maximum atomic E-state index is 5.75. The number of nitrogens with two attached hydrogens (primary N) is 1. The Hall–Kier alpha value is -1.41. The number of rotatable bonds is 9. The molecule has 1 aromatic rings. The van der Waals surface area contributed by atoms with E-state index in [1.807, 2.05) is 0 Å². The van der Waals surface area contributed by atoms with Gasteiger partial charge in [0.1, 0.15) is 0 Å². The molecule has 0 bridgehead atoms. The summed E-state index contributed by atoms with van der Waals surface area (Å²) in [5.74, 6) is 0.353. The minimum absolute atomic E-state index is 0.353. The lowest BCUT2D eigenvalue weighted by Crippen LogP contribution is -2.08. The van der Waals surface area contributed by atoms with Crippen molar-refractivity contribution in [2.45, 2.75) is 65.7 Å². The smallest absolute Gasteiger partial charge is 0.0431 e. The lowest BCUT2D eigenvalue weighted by molar-refractivity contribution is 0.650. The van der Waals surface area contributed by atoms with Crippen LogP contribution in [0.3, 0.4) is 0 Å². The van der Waals surface area contributed by atoms with Crippen molar-refractivity contribution < 1.29 is 0 Å². The van der Waals surface area contributed by atoms with Gasteiger partial charge in [-0.25, -0.2) is 0 Å². The molecular formula is C20H32N2. The van der Waals surface area contributed by atoms with Crippen LogP contribution in [0.1, 0.15) is 68.6 Å². The van der Waals surface area contributed by atoms with Crippen LogP contribution in [0.25, 0.3) is 0 Å². The Morgan fingerprint density at radius 3 is 2.68 bits per heavy atom. The predicted molar refractivity (Wildman–Crippen MR) is 98.7 cm³/mol. The van der Waals surface area contributed by atoms with Gasteiger partial charge in [0.25, 0.3) is 0 Å². The summed E-state index contributed by atoms with van der Waals surface area (Å²) in [5, 5.41) is 0. The Labute approximate surface area is 136 Å². The van der Waals surface area contributed by atoms with Crippen molar-refractivity contribution in [1.29, 1.82) is 0 Å². The van der Waals surface area contributed by atoms with Gasteiger partial charge >= 0.3 is 0 Å². The first kappa shape index (κ1) is 18.6. The zero-order valence-electron chi connectivity index (χ0n) is 14.7. The van der Waals surface area contributed by atoms with Crippen LogP contribution in [0.5, 0.6) is 0 Å². The van der Waals surface area contributed by atoms with Crippen molar-refractivity contribution in [1.82, 2.24) is 0 Å². The Balaban J connectivity index is 3.04. The average Bonchev–Trinajstić information content (AvgIpc) is 2.53. The molecule has 0 aromatic heterocycles. The number of hydrogen-bond donors (Lipinski definition) is 1. The minimum atomic E-state index is 0.353. The average molecular weight is 300 g/mol. The summed E-state index contributed by atoms with van der Waals surface area (Å²) in [7, 11) is 0. The van der Waals surface area contributed by atoms with E-state index in [1.54, 1.807) is 0 Å². The molecule has 0 aliphatic rings. The van der Waals surface area contributed by atoms with Gasteiger partial charge in [0, 0.05) is 17.8 Å². The largest absolute Gasteiger partial charge is 0.330 e. The van der Waals surface area contributed by atoms with Crippen LogP contribution in [-0.2, 0) is 0 Å². The SMILES string of the molecule is C/C=C(\N=CCCCC)C(CCCN)c1cccc(C)c1C. The van der Waals surface area contributed by atoms with Crippen molar-refractivity contribution in [2.75, 3.05) is 6.54 Å². The topological polar surface area (TPSA) is 38.4 Å². The molecule has 2 heteroatoms. The van der Waals surface area contributed by atoms with Crippen LogP contribution in [0.4, 0.5) is 0 Å². The third kappa shape index (κ3) is 5.42. The maximum absolute atomic E-state index is 5.75. The van der Waals surface area contributed by atoms with Gasteiger partial charge in [-0.05, 0) is 69.7 Å². The molecule has 0 radical (unpaired) electrons. The Bertz CT molecular complexity index is 500. The van der Waals surface area contributed by atoms with E-state index in [-0.39, 0.29) is 0 Å². The van der Waals surface area contributed by atoms with Crippen molar-refractivity contribution in [3.63, 3.8) is 0 Å². The monoisotopic (exact) mass is 300 g/mol. The van der Waals surface area contributed by atoms with Gasteiger partial charge in [-0.1, -0.05) is 37.6 Å². The standard InChI is InChI=1S/C20H32N2/c1-5-7-8-15-22-20(6-2)19(13-10-14-21)18-12-9-11-16(3)17(18)4/h6,9,11-12,15,19H,5,7-8,10,13-14,21H2,1-4H3/b20-6-,22-15?. The highest BCUT2D eigenvalue weighted by Gasteiger charge is 2.18. The predicted octanol–water partition coefficient (Wildman–Crippen LogP) is 5.29. The molecule has 0 amide bonds. The van der Waals surface area contributed by atoms with E-state index >= 15 is 0 Å². The van der Waals surface area contributed by atoms with Crippen molar-refractivity contribution in [3.05, 3.63) is 46.7 Å². The molecule has 0 fully saturated rings. The number of aliphatic imine (C=N–C) groups is 1. The van der Waals surface area contributed by atoms with Gasteiger partial charge in [0.2, 0.25) is 0 Å². The summed E-state index contributed by atoms with van der Waals surface area (Å²) in [6.45, 7) is 9.43. The summed E-state index contributed by atoms with van der Waals surface area (Å²) in [6, 6.07) is 6.58. The second kappa shape index (κ2) is 10.3. The molecule has 0 aliphatic heterocycles. The quantitative estimate of drug-likeness (QED) is 0.488. The van der Waals surface area contributed by atoms with Crippen LogP contribution < -0.4 is 5.73 Å². The van der Waals surface area contributed by atoms with E-state index in [0.717, 1.165) is 25.8 Å². The highest BCUT2D eigenvalue weighted by Crippen LogP contribution is 2.33. The molecule has 1 unspecified atom stereocenters. The number of benzene rings is 1. The lowest BCUT2D eigenvalue weighted by Gasteiger charge is -2.21. The first-order valence-corrected chi connectivity index (χ1v) is 8.60. The summed E-state index contributed by atoms with van der Waals surface area (Å²) < 4.78 is 0. The zero-order valence-corrected chi connectivity index (χ0v) is 14.7. The molecule has 0 saturated heterocycles. The molecule has 0 heterocycles. The molecule has 1 aromatic carbocycles. The number of aryl methyl sites for hydroxylation is 1. The van der Waals surface area contributed by atoms with Crippen molar-refractivity contribution in [2.24, 2.45) is 10.7 Å². The van der Waals surface area contributed by atoms with E-state index in [4.69, 9.17) is 10.7 Å². The van der Waals surface area contributed by atoms with Crippen LogP contribution in [0.2, 0.25) is 0 Å². The Morgan fingerprint density at radius 1 is 1.27 bits per heavy atom. The Morgan fingerprint density at radius 2 is 2.05 bits per heavy atom. The highest BCUT2D eigenvalue weighted by molar-refractivity contribution is 5.59. The molecule has 1 atom stereocenters. The molecule has 0 saturated carbocycles. The first-order valence-electron chi connectivity index (χ1n) is 8.60. The van der Waals surface area contributed by atoms with Crippen molar-refractivity contribution >= 4 is 6.21 Å². The van der Waals surface area contributed by atoms with E-state index in [0.29, 0.717) is 5.92 Å². The summed E-state index contributed by atoms with van der Waals surface area (Å²) in [4.78, 5) is 4.78. The second-order valence-electron chi connectivity index (χ2n) is 5.94. The van der Waals surface area contributed by atoms with Gasteiger partial charge in [-0.2, -0.15) is 0 Å². The third-order valence-electron chi connectivity index (χ3n) is 4.30. The Kier molecular flexibility index (Phi) is 8.76. The summed E-state index contributed by atoms with van der Waals surface area (Å²) in [6.07, 6.45) is 9.81. The zero-order chi connectivity index (χ0) is 16.4. The highest BCUT2D eigenvalue weighted by atomic mass is 14.7. The number of allylic oxidation sites excluding steroid dienone is 2. The lowest BCUT2D eigenvalue weighted by atomic mass is 9.86. The molecule has 0 aliphatic carbocycles. The molecule has 1 rings (SSSR count). The van der Waals surface area contributed by atoms with Gasteiger partial charge < -0.3 is 5.73 Å². The van der Waals surface area contributed by atoms with Gasteiger partial charge in [-0.15, -0.1) is 0 Å². The normalized spacial score (nSPS) is 13.8. The second-order valence-corrected chi connectivity index (χ2v) is 5.94. The van der Waals surface area contributed by atoms with Crippen molar-refractivity contribution in [3.8, 4) is 0 Å². The maximum Gasteiger partial charge on any atom is 0.0431 e. The minimum Gasteiger partial charge on any atom is -0.330 e. The molecule has 2 nitrogen and oxygen atoms in total. The summed E-state index contributed by atoms with van der Waals surface area (Å²) >= 11 is 0. The molecule has 22 heavy (non-hydrogen) atoms. The van der Waals surface area contributed by atoms with Gasteiger partial charge in [0.15, 0.2) is 0 Å². The van der Waals surface area contributed by atoms with Gasteiger partial charge in [-0.3, -0.25) is 4.99 Å².